The van der Waals surface area contributed by atoms with E-state index in [2.05, 4.69) is 10.2 Å². The summed E-state index contributed by atoms with van der Waals surface area (Å²) in [6.45, 7) is 1.99. The summed E-state index contributed by atoms with van der Waals surface area (Å²) in [5.74, 6) is 0.113. The van der Waals surface area contributed by atoms with Gasteiger partial charge in [0.1, 0.15) is 12.4 Å². The highest BCUT2D eigenvalue weighted by molar-refractivity contribution is 6.32. The lowest BCUT2D eigenvalue weighted by Crippen LogP contribution is -2.07. The smallest absolute Gasteiger partial charge is 0.338 e. The molecule has 0 radical (unpaired) electrons. The molecule has 0 bridgehead atoms. The number of ether oxygens (including phenoxy) is 2. The van der Waals surface area contributed by atoms with Crippen molar-refractivity contribution in [3.63, 3.8) is 0 Å². The van der Waals surface area contributed by atoms with E-state index >= 15 is 0 Å². The van der Waals surface area contributed by atoms with Crippen molar-refractivity contribution >= 4 is 28.5 Å². The van der Waals surface area contributed by atoms with E-state index in [0.717, 1.165) is 22.0 Å². The average molecular weight is 331 g/mol. The number of methoxy groups -OCH3 is 1. The lowest BCUT2D eigenvalue weighted by molar-refractivity contribution is 0.0472. The number of carbonyl (C=O) groups excluding carboxylic acids is 1. The lowest BCUT2D eigenvalue weighted by Gasteiger charge is -2.10. The molecule has 118 valence electrons. The van der Waals surface area contributed by atoms with Crippen LogP contribution in [0.3, 0.4) is 0 Å². The van der Waals surface area contributed by atoms with Crippen LogP contribution in [0.1, 0.15) is 21.5 Å². The summed E-state index contributed by atoms with van der Waals surface area (Å²) in [6, 6.07) is 9.02. The Labute approximate surface area is 138 Å². The quantitative estimate of drug-likeness (QED) is 0.737. The van der Waals surface area contributed by atoms with E-state index in [1.54, 1.807) is 18.3 Å². The van der Waals surface area contributed by atoms with Crippen LogP contribution in [0.2, 0.25) is 5.02 Å². The van der Waals surface area contributed by atoms with Crippen LogP contribution in [-0.2, 0) is 11.3 Å². The molecule has 5 nitrogen and oxygen atoms in total. The van der Waals surface area contributed by atoms with Gasteiger partial charge in [-0.05, 0) is 36.2 Å². The third-order valence-corrected chi connectivity index (χ3v) is 3.89. The van der Waals surface area contributed by atoms with Crippen molar-refractivity contribution in [2.24, 2.45) is 0 Å². The van der Waals surface area contributed by atoms with E-state index in [9.17, 15) is 4.79 Å². The fraction of sp³-hybridized carbons (Fsp3) is 0.176. The number of aromatic amines is 1. The number of fused-ring (bicyclic) bond motifs is 1. The van der Waals surface area contributed by atoms with Gasteiger partial charge < -0.3 is 9.47 Å². The number of aromatic nitrogens is 2. The van der Waals surface area contributed by atoms with E-state index in [-0.39, 0.29) is 6.61 Å². The minimum atomic E-state index is -0.420. The van der Waals surface area contributed by atoms with Gasteiger partial charge in [-0.1, -0.05) is 23.7 Å². The summed E-state index contributed by atoms with van der Waals surface area (Å²) in [4.78, 5) is 12.3. The Morgan fingerprint density at radius 1 is 1.30 bits per heavy atom. The number of nitrogens with zero attached hydrogens (tertiary/aromatic N) is 1. The Kier molecular flexibility index (Phi) is 4.21. The third-order valence-electron chi connectivity index (χ3n) is 3.59. The van der Waals surface area contributed by atoms with Gasteiger partial charge in [-0.15, -0.1) is 0 Å². The van der Waals surface area contributed by atoms with Crippen molar-refractivity contribution < 1.29 is 14.3 Å². The van der Waals surface area contributed by atoms with E-state index < -0.39 is 5.97 Å². The Morgan fingerprint density at radius 3 is 2.91 bits per heavy atom. The predicted molar refractivity (Wildman–Crippen MR) is 88.0 cm³/mol. The van der Waals surface area contributed by atoms with Crippen LogP contribution in [0.15, 0.2) is 36.5 Å². The molecule has 3 rings (SSSR count). The number of hydrogen-bond donors (Lipinski definition) is 1. The molecule has 0 saturated heterocycles. The Morgan fingerprint density at radius 2 is 2.13 bits per heavy atom. The van der Waals surface area contributed by atoms with Gasteiger partial charge in [0.05, 0.1) is 29.4 Å². The second-order valence-electron chi connectivity index (χ2n) is 5.17. The van der Waals surface area contributed by atoms with Gasteiger partial charge >= 0.3 is 5.97 Å². The molecule has 1 aromatic heterocycles. The van der Waals surface area contributed by atoms with Gasteiger partial charge in [0.15, 0.2) is 0 Å². The number of rotatable bonds is 4. The van der Waals surface area contributed by atoms with Crippen molar-refractivity contribution in [3.8, 4) is 5.75 Å². The molecule has 3 aromatic rings. The van der Waals surface area contributed by atoms with Crippen LogP contribution in [0.4, 0.5) is 0 Å². The first-order chi connectivity index (χ1) is 11.1. The molecule has 23 heavy (non-hydrogen) atoms. The highest BCUT2D eigenvalue weighted by atomic mass is 35.5. The molecule has 0 atom stereocenters. The second-order valence-corrected chi connectivity index (χ2v) is 5.58. The molecular formula is C17H15ClN2O3. The minimum absolute atomic E-state index is 0.177. The van der Waals surface area contributed by atoms with Crippen LogP contribution in [0, 0.1) is 6.92 Å². The maximum Gasteiger partial charge on any atom is 0.338 e. The maximum atomic E-state index is 12.3. The molecule has 0 fully saturated rings. The van der Waals surface area contributed by atoms with Gasteiger partial charge in [-0.25, -0.2) is 4.79 Å². The van der Waals surface area contributed by atoms with E-state index in [1.807, 2.05) is 25.1 Å². The Bertz CT molecular complexity index is 873. The molecule has 0 aliphatic carbocycles. The zero-order chi connectivity index (χ0) is 16.4. The molecule has 2 aromatic carbocycles. The fourth-order valence-electron chi connectivity index (χ4n) is 2.33. The molecule has 0 spiro atoms. The molecule has 1 N–H and O–H groups in total. The number of halogens is 1. The van der Waals surface area contributed by atoms with Crippen molar-refractivity contribution in [1.29, 1.82) is 0 Å². The molecule has 0 unspecified atom stereocenters. The largest absolute Gasteiger partial charge is 0.495 e. The first-order valence-electron chi connectivity index (χ1n) is 7.02. The number of nitrogens with one attached hydrogen (secondary N) is 1. The summed E-state index contributed by atoms with van der Waals surface area (Å²) in [5.41, 5.74) is 2.97. The zero-order valence-corrected chi connectivity index (χ0v) is 13.5. The van der Waals surface area contributed by atoms with Crippen LogP contribution < -0.4 is 4.74 Å². The molecular weight excluding hydrogens is 316 g/mol. The Hall–Kier alpha value is -2.53. The zero-order valence-electron chi connectivity index (χ0n) is 12.7. The van der Waals surface area contributed by atoms with Gasteiger partial charge in [0.25, 0.3) is 0 Å². The predicted octanol–water partition coefficient (Wildman–Crippen LogP) is 3.89. The van der Waals surface area contributed by atoms with Gasteiger partial charge in [-0.3, -0.25) is 5.10 Å². The van der Waals surface area contributed by atoms with Crippen LogP contribution in [-0.4, -0.2) is 23.3 Å². The normalized spacial score (nSPS) is 10.7. The molecule has 0 saturated carbocycles. The molecule has 1 heterocycles. The van der Waals surface area contributed by atoms with E-state index in [1.165, 1.54) is 7.11 Å². The minimum Gasteiger partial charge on any atom is -0.495 e. The van der Waals surface area contributed by atoms with Crippen molar-refractivity contribution in [2.45, 2.75) is 13.5 Å². The van der Waals surface area contributed by atoms with E-state index in [0.29, 0.717) is 16.3 Å². The summed E-state index contributed by atoms with van der Waals surface area (Å²) in [6.07, 6.45) is 1.74. The summed E-state index contributed by atoms with van der Waals surface area (Å²) < 4.78 is 10.5. The van der Waals surface area contributed by atoms with Gasteiger partial charge in [-0.2, -0.15) is 5.10 Å². The number of aryl methyl sites for hydroxylation is 1. The van der Waals surface area contributed by atoms with Gasteiger partial charge in [0.2, 0.25) is 0 Å². The number of esters is 1. The van der Waals surface area contributed by atoms with Crippen LogP contribution in [0.25, 0.3) is 10.9 Å². The second kappa shape index (κ2) is 6.30. The SMILES string of the molecule is COc1cc(C)c(C(=O)OCc2ccc3cn[nH]c3c2)cc1Cl. The number of carbonyl (C=O) groups is 1. The molecule has 6 heteroatoms. The number of benzene rings is 2. The summed E-state index contributed by atoms with van der Waals surface area (Å²) >= 11 is 6.07. The summed E-state index contributed by atoms with van der Waals surface area (Å²) in [7, 11) is 1.53. The standard InChI is InChI=1S/C17H15ClN2O3/c1-10-5-16(22-2)14(18)7-13(10)17(21)23-9-11-3-4-12-8-19-20-15(12)6-11/h3-8H,9H2,1-2H3,(H,19,20). The first-order valence-corrected chi connectivity index (χ1v) is 7.39. The Balaban J connectivity index is 1.75. The topological polar surface area (TPSA) is 64.2 Å². The van der Waals surface area contributed by atoms with Crippen LogP contribution in [0.5, 0.6) is 5.75 Å². The molecule has 0 aliphatic heterocycles. The lowest BCUT2D eigenvalue weighted by atomic mass is 10.1. The molecule has 0 amide bonds. The fourth-order valence-corrected chi connectivity index (χ4v) is 2.57. The monoisotopic (exact) mass is 330 g/mol. The first kappa shape index (κ1) is 15.4. The third kappa shape index (κ3) is 3.14. The summed E-state index contributed by atoms with van der Waals surface area (Å²) in [5, 5.41) is 8.24. The average Bonchev–Trinajstić information content (AvgIpc) is 3.02. The van der Waals surface area contributed by atoms with Crippen LogP contribution >= 0.6 is 11.6 Å². The highest BCUT2D eigenvalue weighted by Gasteiger charge is 2.14. The van der Waals surface area contributed by atoms with Crippen molar-refractivity contribution in [1.82, 2.24) is 10.2 Å². The van der Waals surface area contributed by atoms with Crippen molar-refractivity contribution in [2.75, 3.05) is 7.11 Å². The maximum absolute atomic E-state index is 12.3. The van der Waals surface area contributed by atoms with E-state index in [4.69, 9.17) is 21.1 Å². The molecule has 0 aliphatic rings. The highest BCUT2D eigenvalue weighted by Crippen LogP contribution is 2.28. The number of H-pyrrole nitrogens is 1. The number of hydrogen-bond acceptors (Lipinski definition) is 4. The van der Waals surface area contributed by atoms with Gasteiger partial charge in [0, 0.05) is 5.39 Å². The van der Waals surface area contributed by atoms with Crippen molar-refractivity contribution in [3.05, 3.63) is 58.2 Å².